The fourth-order valence-corrected chi connectivity index (χ4v) is 4.19. The maximum Gasteiger partial charge on any atom is 0.271 e. The van der Waals surface area contributed by atoms with Crippen LogP contribution in [0.1, 0.15) is 12.8 Å². The summed E-state index contributed by atoms with van der Waals surface area (Å²) in [4.78, 5) is 9.88. The van der Waals surface area contributed by atoms with Crippen molar-refractivity contribution in [3.8, 4) is 0 Å². The van der Waals surface area contributed by atoms with Crippen LogP contribution in [-0.4, -0.2) is 36.8 Å². The smallest absolute Gasteiger partial charge is 0.271 e. The normalized spacial score (nSPS) is 20.8. The van der Waals surface area contributed by atoms with Gasteiger partial charge in [0, 0.05) is 31.3 Å². The van der Waals surface area contributed by atoms with E-state index >= 15 is 0 Å². The molecular formula is C11H14ClN3O4S. The predicted molar refractivity (Wildman–Crippen MR) is 74.1 cm³/mol. The third-order valence-electron chi connectivity index (χ3n) is 3.16. The van der Waals surface area contributed by atoms with Crippen molar-refractivity contribution in [3.63, 3.8) is 0 Å². The van der Waals surface area contributed by atoms with Gasteiger partial charge >= 0.3 is 0 Å². The quantitative estimate of drug-likeness (QED) is 0.668. The Morgan fingerprint density at radius 1 is 1.45 bits per heavy atom. The zero-order valence-corrected chi connectivity index (χ0v) is 12.1. The third-order valence-corrected chi connectivity index (χ3v) is 5.51. The summed E-state index contributed by atoms with van der Waals surface area (Å²) >= 11 is 5.87. The van der Waals surface area contributed by atoms with Crippen molar-refractivity contribution < 1.29 is 13.3 Å². The van der Waals surface area contributed by atoms with E-state index in [-0.39, 0.29) is 28.2 Å². The molecule has 2 rings (SSSR count). The molecule has 9 heteroatoms. The van der Waals surface area contributed by atoms with E-state index in [1.807, 2.05) is 0 Å². The zero-order valence-electron chi connectivity index (χ0n) is 10.5. The highest BCUT2D eigenvalue weighted by molar-refractivity contribution is 7.89. The zero-order chi connectivity index (χ0) is 14.9. The summed E-state index contributed by atoms with van der Waals surface area (Å²) in [5.41, 5.74) is 5.53. The monoisotopic (exact) mass is 319 g/mol. The Morgan fingerprint density at radius 3 is 2.70 bits per heavy atom. The first-order chi connectivity index (χ1) is 9.32. The molecular weight excluding hydrogens is 306 g/mol. The minimum atomic E-state index is -3.77. The van der Waals surface area contributed by atoms with Crippen molar-refractivity contribution in [2.75, 3.05) is 13.1 Å². The van der Waals surface area contributed by atoms with Gasteiger partial charge in [-0.15, -0.1) is 0 Å². The Balaban J connectivity index is 2.36. The molecule has 1 aromatic rings. The second-order valence-corrected chi connectivity index (χ2v) is 6.95. The second-order valence-electron chi connectivity index (χ2n) is 4.64. The molecule has 0 saturated carbocycles. The fourth-order valence-electron chi connectivity index (χ4n) is 2.14. The van der Waals surface area contributed by atoms with Crippen LogP contribution in [0, 0.1) is 10.1 Å². The lowest BCUT2D eigenvalue weighted by Gasteiger charge is -2.30. The van der Waals surface area contributed by atoms with E-state index in [0.29, 0.717) is 13.0 Å². The van der Waals surface area contributed by atoms with Gasteiger partial charge < -0.3 is 5.73 Å². The van der Waals surface area contributed by atoms with Crippen molar-refractivity contribution in [3.05, 3.63) is 33.3 Å². The van der Waals surface area contributed by atoms with Gasteiger partial charge in [-0.2, -0.15) is 4.31 Å². The van der Waals surface area contributed by atoms with E-state index < -0.39 is 14.9 Å². The number of rotatable bonds is 3. The molecule has 1 aliphatic heterocycles. The molecule has 20 heavy (non-hydrogen) atoms. The molecule has 0 unspecified atom stereocenters. The largest absolute Gasteiger partial charge is 0.327 e. The van der Waals surface area contributed by atoms with E-state index in [4.69, 9.17) is 17.3 Å². The van der Waals surface area contributed by atoms with E-state index in [1.54, 1.807) is 0 Å². The summed E-state index contributed by atoms with van der Waals surface area (Å²) in [7, 11) is -3.77. The van der Waals surface area contributed by atoms with Gasteiger partial charge in [-0.3, -0.25) is 10.1 Å². The molecule has 1 heterocycles. The lowest BCUT2D eigenvalue weighted by Crippen LogP contribution is -2.45. The van der Waals surface area contributed by atoms with Crippen LogP contribution in [0.3, 0.4) is 0 Å². The number of nitro benzene ring substituents is 1. The van der Waals surface area contributed by atoms with E-state index in [2.05, 4.69) is 0 Å². The Kier molecular flexibility index (Phi) is 4.28. The molecule has 1 fully saturated rings. The van der Waals surface area contributed by atoms with Gasteiger partial charge in [-0.25, -0.2) is 8.42 Å². The molecule has 0 spiro atoms. The van der Waals surface area contributed by atoms with Gasteiger partial charge in [0.2, 0.25) is 10.0 Å². The van der Waals surface area contributed by atoms with E-state index in [0.717, 1.165) is 24.6 Å². The van der Waals surface area contributed by atoms with Crippen LogP contribution >= 0.6 is 11.6 Å². The Labute approximate surface area is 121 Å². The number of halogens is 1. The van der Waals surface area contributed by atoms with Crippen LogP contribution in [0.5, 0.6) is 0 Å². The molecule has 1 saturated heterocycles. The van der Waals surface area contributed by atoms with Gasteiger partial charge in [0.05, 0.1) is 9.95 Å². The number of non-ortho nitro benzene ring substituents is 1. The number of nitro groups is 1. The first-order valence-corrected chi connectivity index (χ1v) is 7.84. The molecule has 0 radical (unpaired) electrons. The van der Waals surface area contributed by atoms with Crippen LogP contribution in [0.2, 0.25) is 5.02 Å². The maximum absolute atomic E-state index is 12.5. The molecule has 1 atom stereocenters. The van der Waals surface area contributed by atoms with Crippen molar-refractivity contribution in [1.82, 2.24) is 4.31 Å². The van der Waals surface area contributed by atoms with Crippen molar-refractivity contribution in [2.45, 2.75) is 23.8 Å². The van der Waals surface area contributed by atoms with Crippen LogP contribution in [0.4, 0.5) is 5.69 Å². The summed E-state index contributed by atoms with van der Waals surface area (Å²) in [6.45, 7) is 0.610. The predicted octanol–water partition coefficient (Wildman–Crippen LogP) is 1.36. The van der Waals surface area contributed by atoms with E-state index in [9.17, 15) is 18.5 Å². The molecule has 2 N–H and O–H groups in total. The van der Waals surface area contributed by atoms with Crippen LogP contribution in [0.15, 0.2) is 23.1 Å². The van der Waals surface area contributed by atoms with Crippen molar-refractivity contribution >= 4 is 27.3 Å². The number of hydrogen-bond donors (Lipinski definition) is 1. The van der Waals surface area contributed by atoms with E-state index in [1.165, 1.54) is 4.31 Å². The van der Waals surface area contributed by atoms with Crippen LogP contribution in [0.25, 0.3) is 0 Å². The average molecular weight is 320 g/mol. The Bertz CT molecular complexity index is 635. The topological polar surface area (TPSA) is 107 Å². The van der Waals surface area contributed by atoms with Gasteiger partial charge in [-0.05, 0) is 18.9 Å². The summed E-state index contributed by atoms with van der Waals surface area (Å²) in [5.74, 6) is 0. The third kappa shape index (κ3) is 2.93. The number of nitrogens with two attached hydrogens (primary N) is 1. The molecule has 0 amide bonds. The molecule has 110 valence electrons. The fraction of sp³-hybridized carbons (Fsp3) is 0.455. The molecule has 0 bridgehead atoms. The maximum atomic E-state index is 12.5. The molecule has 1 aromatic carbocycles. The molecule has 1 aliphatic rings. The molecule has 0 aliphatic carbocycles. The standard InChI is InChI=1S/C11H14ClN3O4S/c12-10-6-9(15(16)17)3-4-11(10)20(18,19)14-5-1-2-8(13)7-14/h3-4,6,8H,1-2,5,7,13H2/t8-/m1/s1. The SMILES string of the molecule is N[C@@H]1CCCN(S(=O)(=O)c2ccc([N+](=O)[O-])cc2Cl)C1. The number of benzene rings is 1. The highest BCUT2D eigenvalue weighted by Crippen LogP contribution is 2.29. The van der Waals surface area contributed by atoms with Crippen LogP contribution < -0.4 is 5.73 Å². The van der Waals surface area contributed by atoms with Gasteiger partial charge in [0.15, 0.2) is 0 Å². The second kappa shape index (κ2) is 5.65. The molecule has 0 aromatic heterocycles. The number of piperidine rings is 1. The molecule has 7 nitrogen and oxygen atoms in total. The average Bonchev–Trinajstić information content (AvgIpc) is 2.38. The minimum absolute atomic E-state index is 0.126. The minimum Gasteiger partial charge on any atom is -0.327 e. The number of nitrogens with zero attached hydrogens (tertiary/aromatic N) is 2. The van der Waals surface area contributed by atoms with Crippen molar-refractivity contribution in [2.24, 2.45) is 5.73 Å². The summed E-state index contributed by atoms with van der Waals surface area (Å²) in [6.07, 6.45) is 1.46. The highest BCUT2D eigenvalue weighted by Gasteiger charge is 2.31. The number of hydrogen-bond acceptors (Lipinski definition) is 5. The summed E-state index contributed by atoms with van der Waals surface area (Å²) < 4.78 is 26.2. The summed E-state index contributed by atoms with van der Waals surface area (Å²) in [6, 6.07) is 3.13. The van der Waals surface area contributed by atoms with Gasteiger partial charge in [0.25, 0.3) is 5.69 Å². The lowest BCUT2D eigenvalue weighted by molar-refractivity contribution is -0.384. The van der Waals surface area contributed by atoms with Gasteiger partial charge in [-0.1, -0.05) is 11.6 Å². The summed E-state index contributed by atoms with van der Waals surface area (Å²) in [5, 5.41) is 10.5. The van der Waals surface area contributed by atoms with Crippen molar-refractivity contribution in [1.29, 1.82) is 0 Å². The van der Waals surface area contributed by atoms with Gasteiger partial charge in [0.1, 0.15) is 4.90 Å². The Morgan fingerprint density at radius 2 is 2.15 bits per heavy atom. The number of sulfonamides is 1. The van der Waals surface area contributed by atoms with Crippen LogP contribution in [-0.2, 0) is 10.0 Å². The first-order valence-electron chi connectivity index (χ1n) is 6.02. The lowest BCUT2D eigenvalue weighted by atomic mass is 10.1. The first kappa shape index (κ1) is 15.2. The Hall–Kier alpha value is -1.22. The highest BCUT2D eigenvalue weighted by atomic mass is 35.5.